The van der Waals surface area contributed by atoms with Crippen LogP contribution >= 0.6 is 0 Å². The Labute approximate surface area is 82.0 Å². The van der Waals surface area contributed by atoms with Crippen LogP contribution in [0.2, 0.25) is 0 Å². The highest BCUT2D eigenvalue weighted by Gasteiger charge is 2.17. The van der Waals surface area contributed by atoms with Crippen LogP contribution < -0.4 is 5.32 Å². The standard InChI is InChI=1S/C11H23NO/c1-4-11(9(2)3)12-8-10-6-5-7-13-10/h9-12H,4-8H2,1-3H3/t10-,11-/m1/s1. The van der Waals surface area contributed by atoms with E-state index in [1.165, 1.54) is 19.3 Å². The number of hydrogen-bond acceptors (Lipinski definition) is 2. The summed E-state index contributed by atoms with van der Waals surface area (Å²) in [5, 5.41) is 3.59. The topological polar surface area (TPSA) is 21.3 Å². The third kappa shape index (κ3) is 3.65. The molecule has 1 aliphatic heterocycles. The zero-order valence-electron chi connectivity index (χ0n) is 9.18. The van der Waals surface area contributed by atoms with E-state index in [0.29, 0.717) is 12.1 Å². The van der Waals surface area contributed by atoms with Crippen molar-refractivity contribution >= 4 is 0 Å². The first-order valence-corrected chi connectivity index (χ1v) is 5.59. The molecule has 78 valence electrons. The van der Waals surface area contributed by atoms with Gasteiger partial charge in [-0.2, -0.15) is 0 Å². The molecule has 0 aromatic carbocycles. The lowest BCUT2D eigenvalue weighted by atomic mass is 10.0. The van der Waals surface area contributed by atoms with Gasteiger partial charge in [-0.25, -0.2) is 0 Å². The first-order chi connectivity index (χ1) is 6.24. The molecule has 13 heavy (non-hydrogen) atoms. The van der Waals surface area contributed by atoms with Crippen LogP contribution in [0, 0.1) is 5.92 Å². The van der Waals surface area contributed by atoms with Crippen molar-refractivity contribution in [3.05, 3.63) is 0 Å². The second-order valence-corrected chi connectivity index (χ2v) is 4.30. The predicted octanol–water partition coefficient (Wildman–Crippen LogP) is 2.19. The van der Waals surface area contributed by atoms with Crippen LogP contribution in [0.25, 0.3) is 0 Å². The summed E-state index contributed by atoms with van der Waals surface area (Å²) in [6, 6.07) is 0.657. The lowest BCUT2D eigenvalue weighted by Gasteiger charge is -2.22. The van der Waals surface area contributed by atoms with E-state index in [0.717, 1.165) is 19.1 Å². The fourth-order valence-corrected chi connectivity index (χ4v) is 1.94. The van der Waals surface area contributed by atoms with Gasteiger partial charge < -0.3 is 10.1 Å². The Morgan fingerprint density at radius 1 is 1.46 bits per heavy atom. The summed E-state index contributed by atoms with van der Waals surface area (Å²) in [5.41, 5.74) is 0. The molecule has 0 amide bonds. The average molecular weight is 185 g/mol. The van der Waals surface area contributed by atoms with Crippen LogP contribution in [0.1, 0.15) is 40.0 Å². The van der Waals surface area contributed by atoms with Crippen LogP contribution in [-0.4, -0.2) is 25.3 Å². The Kier molecular flexibility index (Phi) is 4.74. The van der Waals surface area contributed by atoms with Gasteiger partial charge in [-0.3, -0.25) is 0 Å². The number of hydrogen-bond donors (Lipinski definition) is 1. The number of rotatable bonds is 5. The van der Waals surface area contributed by atoms with E-state index in [-0.39, 0.29) is 0 Å². The molecule has 1 saturated heterocycles. The molecule has 0 radical (unpaired) electrons. The van der Waals surface area contributed by atoms with Crippen molar-refractivity contribution in [3.63, 3.8) is 0 Å². The van der Waals surface area contributed by atoms with Gasteiger partial charge in [-0.05, 0) is 25.2 Å². The minimum Gasteiger partial charge on any atom is -0.377 e. The van der Waals surface area contributed by atoms with Crippen LogP contribution in [0.5, 0.6) is 0 Å². The van der Waals surface area contributed by atoms with E-state index in [1.54, 1.807) is 0 Å². The summed E-state index contributed by atoms with van der Waals surface area (Å²) < 4.78 is 5.57. The fourth-order valence-electron chi connectivity index (χ4n) is 1.94. The summed E-state index contributed by atoms with van der Waals surface area (Å²) in [5.74, 6) is 0.728. The van der Waals surface area contributed by atoms with Gasteiger partial charge in [0.15, 0.2) is 0 Å². The fraction of sp³-hybridized carbons (Fsp3) is 1.00. The highest BCUT2D eigenvalue weighted by Crippen LogP contribution is 2.12. The Balaban J connectivity index is 2.15. The maximum Gasteiger partial charge on any atom is 0.0700 e. The van der Waals surface area contributed by atoms with Crippen molar-refractivity contribution < 1.29 is 4.74 Å². The van der Waals surface area contributed by atoms with E-state index in [9.17, 15) is 0 Å². The van der Waals surface area contributed by atoms with Gasteiger partial charge in [0.05, 0.1) is 6.10 Å². The maximum absolute atomic E-state index is 5.57. The van der Waals surface area contributed by atoms with E-state index in [1.807, 2.05) is 0 Å². The van der Waals surface area contributed by atoms with Gasteiger partial charge >= 0.3 is 0 Å². The molecule has 0 spiro atoms. The zero-order chi connectivity index (χ0) is 9.68. The van der Waals surface area contributed by atoms with Crippen molar-refractivity contribution in [1.29, 1.82) is 0 Å². The van der Waals surface area contributed by atoms with Gasteiger partial charge in [0.25, 0.3) is 0 Å². The molecule has 0 unspecified atom stereocenters. The molecule has 0 bridgehead atoms. The van der Waals surface area contributed by atoms with Gasteiger partial charge in [0.2, 0.25) is 0 Å². The zero-order valence-corrected chi connectivity index (χ0v) is 9.18. The Morgan fingerprint density at radius 3 is 2.69 bits per heavy atom. The minimum absolute atomic E-state index is 0.479. The van der Waals surface area contributed by atoms with Gasteiger partial charge in [0, 0.05) is 19.2 Å². The Hall–Kier alpha value is -0.0800. The molecule has 1 rings (SSSR count). The molecule has 2 nitrogen and oxygen atoms in total. The summed E-state index contributed by atoms with van der Waals surface area (Å²) in [6.45, 7) is 8.79. The average Bonchev–Trinajstić information content (AvgIpc) is 2.57. The molecular formula is C11H23NO. The van der Waals surface area contributed by atoms with Crippen molar-refractivity contribution in [3.8, 4) is 0 Å². The molecule has 0 aromatic heterocycles. The molecule has 0 saturated carbocycles. The number of nitrogens with one attached hydrogen (secondary N) is 1. The van der Waals surface area contributed by atoms with E-state index in [4.69, 9.17) is 4.74 Å². The maximum atomic E-state index is 5.57. The quantitative estimate of drug-likeness (QED) is 0.709. The minimum atomic E-state index is 0.479. The predicted molar refractivity (Wildman–Crippen MR) is 55.9 cm³/mol. The van der Waals surface area contributed by atoms with E-state index < -0.39 is 0 Å². The first kappa shape index (κ1) is 11.0. The Bertz CT molecular complexity index is 130. The summed E-state index contributed by atoms with van der Waals surface area (Å²) in [4.78, 5) is 0. The van der Waals surface area contributed by atoms with Gasteiger partial charge in [-0.15, -0.1) is 0 Å². The number of ether oxygens (including phenoxy) is 1. The highest BCUT2D eigenvalue weighted by molar-refractivity contribution is 4.73. The molecule has 1 fully saturated rings. The third-order valence-electron chi connectivity index (χ3n) is 2.88. The van der Waals surface area contributed by atoms with Crippen LogP contribution in [-0.2, 0) is 4.74 Å². The highest BCUT2D eigenvalue weighted by atomic mass is 16.5. The van der Waals surface area contributed by atoms with E-state index in [2.05, 4.69) is 26.1 Å². The molecule has 1 heterocycles. The second-order valence-electron chi connectivity index (χ2n) is 4.30. The van der Waals surface area contributed by atoms with Gasteiger partial charge in [0.1, 0.15) is 0 Å². The van der Waals surface area contributed by atoms with Crippen LogP contribution in [0.15, 0.2) is 0 Å². The normalized spacial score (nSPS) is 25.4. The van der Waals surface area contributed by atoms with E-state index >= 15 is 0 Å². The summed E-state index contributed by atoms with van der Waals surface area (Å²) in [6.07, 6.45) is 4.17. The van der Waals surface area contributed by atoms with Crippen LogP contribution in [0.4, 0.5) is 0 Å². The molecule has 0 aromatic rings. The summed E-state index contributed by atoms with van der Waals surface area (Å²) >= 11 is 0. The molecule has 2 atom stereocenters. The third-order valence-corrected chi connectivity index (χ3v) is 2.88. The first-order valence-electron chi connectivity index (χ1n) is 5.59. The second kappa shape index (κ2) is 5.61. The lowest BCUT2D eigenvalue weighted by Crippen LogP contribution is -2.38. The van der Waals surface area contributed by atoms with Crippen molar-refractivity contribution in [1.82, 2.24) is 5.32 Å². The summed E-state index contributed by atoms with van der Waals surface area (Å²) in [7, 11) is 0. The molecule has 1 N–H and O–H groups in total. The van der Waals surface area contributed by atoms with Crippen molar-refractivity contribution in [2.24, 2.45) is 5.92 Å². The molecule has 1 aliphatic rings. The Morgan fingerprint density at radius 2 is 2.23 bits per heavy atom. The lowest BCUT2D eigenvalue weighted by molar-refractivity contribution is 0.105. The van der Waals surface area contributed by atoms with Crippen molar-refractivity contribution in [2.45, 2.75) is 52.2 Å². The van der Waals surface area contributed by atoms with Gasteiger partial charge in [-0.1, -0.05) is 20.8 Å². The largest absolute Gasteiger partial charge is 0.377 e. The molecule has 2 heteroatoms. The van der Waals surface area contributed by atoms with Crippen LogP contribution in [0.3, 0.4) is 0 Å². The molecular weight excluding hydrogens is 162 g/mol. The van der Waals surface area contributed by atoms with Crippen molar-refractivity contribution in [2.75, 3.05) is 13.2 Å². The SMILES string of the molecule is CC[C@@H](NC[C@H]1CCCO1)C(C)C. The monoisotopic (exact) mass is 185 g/mol. The molecule has 0 aliphatic carbocycles. The smallest absolute Gasteiger partial charge is 0.0700 e.